The summed E-state index contributed by atoms with van der Waals surface area (Å²) in [5, 5.41) is 2.58. The standard InChI is InChI=1S/C26H20NS.C14H16GeN.Ir/c1-17(2)19-13-14-27-24(16-19)22-10-6-9-21-23-15-20(18-7-4-3-5-8-18)11-12-25(23)28-26(21)22;1-15(2,3)13-9-10-14(16-11-13)12-7-5-4-6-8-12;/h3-9,11-17H,1-2H3;4-7,9-11H,1-3H3;/q2*-1;. The Morgan fingerprint density at radius 2 is 1.49 bits per heavy atom. The van der Waals surface area contributed by atoms with Gasteiger partial charge in [-0.05, 0) is 51.0 Å². The number of hydrogen-bond donors (Lipinski definition) is 0. The van der Waals surface area contributed by atoms with Gasteiger partial charge in [-0.15, -0.1) is 23.8 Å². The van der Waals surface area contributed by atoms with Crippen LogP contribution in [-0.2, 0) is 20.1 Å². The van der Waals surface area contributed by atoms with Crippen LogP contribution in [0.3, 0.4) is 0 Å². The molecule has 3 heterocycles. The number of thiophene rings is 1. The molecule has 2 nitrogen and oxygen atoms in total. The summed E-state index contributed by atoms with van der Waals surface area (Å²) in [6.07, 6.45) is 3.95. The molecule has 0 fully saturated rings. The summed E-state index contributed by atoms with van der Waals surface area (Å²) < 4.78 is 4.01. The fraction of sp³-hybridized carbons (Fsp3) is 0.150. The fourth-order valence-electron chi connectivity index (χ4n) is 5.23. The SMILES string of the molecule is CC(C)c1ccnc(-c2[c-]ccc3c2sc2ccc(-c4ccccc4)cc23)c1.[CH3][Ge]([CH3])([CH3])[c]1ccc(-c2[c-]cccc2)nc1.[Ir]. The second-order valence-electron chi connectivity index (χ2n) is 12.4. The first-order valence-electron chi connectivity index (χ1n) is 15.1. The molecule has 0 N–H and O–H groups in total. The first-order chi connectivity index (χ1) is 21.3. The van der Waals surface area contributed by atoms with E-state index in [0.29, 0.717) is 5.92 Å². The van der Waals surface area contributed by atoms with E-state index in [-0.39, 0.29) is 20.1 Å². The summed E-state index contributed by atoms with van der Waals surface area (Å²) in [4.78, 5) is 9.18. The zero-order valence-corrected chi connectivity index (χ0v) is 31.6. The van der Waals surface area contributed by atoms with Gasteiger partial charge in [-0.2, -0.15) is 11.3 Å². The maximum absolute atomic E-state index is 4.65. The number of fused-ring (bicyclic) bond motifs is 3. The molecule has 7 rings (SSSR count). The van der Waals surface area contributed by atoms with Crippen molar-refractivity contribution in [3.05, 3.63) is 139 Å². The van der Waals surface area contributed by atoms with Crippen LogP contribution in [0.1, 0.15) is 25.3 Å². The van der Waals surface area contributed by atoms with E-state index in [1.54, 1.807) is 0 Å². The number of pyridine rings is 2. The summed E-state index contributed by atoms with van der Waals surface area (Å²) in [6, 6.07) is 44.8. The molecule has 0 amide bonds. The molecule has 227 valence electrons. The number of aromatic nitrogens is 2. The molecule has 0 saturated carbocycles. The Bertz CT molecular complexity index is 2010. The molecule has 0 saturated heterocycles. The minimum absolute atomic E-state index is 0. The number of rotatable bonds is 5. The third-order valence-electron chi connectivity index (χ3n) is 7.86. The normalized spacial score (nSPS) is 11.2. The Hall–Kier alpha value is -3.41. The molecule has 4 aromatic carbocycles. The summed E-state index contributed by atoms with van der Waals surface area (Å²) >= 11 is 0.114. The minimum Gasteiger partial charge on any atom is 0 e. The predicted octanol–water partition coefficient (Wildman–Crippen LogP) is 10.8. The van der Waals surface area contributed by atoms with E-state index in [1.807, 2.05) is 54.1 Å². The van der Waals surface area contributed by atoms with Crippen LogP contribution in [0.2, 0.25) is 17.3 Å². The number of nitrogens with zero attached hydrogens (tertiary/aromatic N) is 2. The molecule has 0 aliphatic carbocycles. The van der Waals surface area contributed by atoms with Crippen molar-refractivity contribution in [2.24, 2.45) is 0 Å². The predicted molar refractivity (Wildman–Crippen MR) is 192 cm³/mol. The Morgan fingerprint density at radius 1 is 0.689 bits per heavy atom. The summed E-state index contributed by atoms with van der Waals surface area (Å²) in [5.74, 6) is 7.62. The Kier molecular flexibility index (Phi) is 10.5. The van der Waals surface area contributed by atoms with Gasteiger partial charge in [0.25, 0.3) is 0 Å². The maximum atomic E-state index is 4.65. The van der Waals surface area contributed by atoms with Gasteiger partial charge in [0.1, 0.15) is 0 Å². The molecule has 5 heteroatoms. The Labute approximate surface area is 287 Å². The summed E-state index contributed by atoms with van der Waals surface area (Å²) in [6.45, 7) is 4.43. The molecular weight excluding hydrogens is 805 g/mol. The fourth-order valence-corrected chi connectivity index (χ4v) is 8.59. The van der Waals surface area contributed by atoms with Crippen LogP contribution in [0, 0.1) is 12.1 Å². The molecule has 0 spiro atoms. The molecule has 3 aromatic heterocycles. The van der Waals surface area contributed by atoms with Crippen molar-refractivity contribution in [3.63, 3.8) is 0 Å². The smallest absolute Gasteiger partial charge is 0 e. The molecule has 7 aromatic rings. The van der Waals surface area contributed by atoms with E-state index in [2.05, 4.69) is 132 Å². The molecule has 45 heavy (non-hydrogen) atoms. The first-order valence-corrected chi connectivity index (χ1v) is 23.3. The number of hydrogen-bond acceptors (Lipinski definition) is 3. The van der Waals surface area contributed by atoms with Gasteiger partial charge in [-0.25, -0.2) is 0 Å². The topological polar surface area (TPSA) is 25.8 Å². The largest absolute Gasteiger partial charge is 0 e. The average molecular weight is 842 g/mol. The van der Waals surface area contributed by atoms with Crippen LogP contribution < -0.4 is 4.40 Å². The minimum atomic E-state index is -1.72. The van der Waals surface area contributed by atoms with Gasteiger partial charge in [0.2, 0.25) is 0 Å². The van der Waals surface area contributed by atoms with Crippen LogP contribution in [0.5, 0.6) is 0 Å². The molecule has 0 unspecified atom stereocenters. The first kappa shape index (κ1) is 33.0. The molecule has 0 aliphatic heterocycles. The van der Waals surface area contributed by atoms with E-state index >= 15 is 0 Å². The van der Waals surface area contributed by atoms with Crippen molar-refractivity contribution < 1.29 is 20.1 Å². The van der Waals surface area contributed by atoms with Gasteiger partial charge in [0.15, 0.2) is 0 Å². The van der Waals surface area contributed by atoms with Crippen LogP contribution in [0.4, 0.5) is 0 Å². The number of benzene rings is 4. The second-order valence-corrected chi connectivity index (χ2v) is 24.1. The van der Waals surface area contributed by atoms with Crippen molar-refractivity contribution >= 4 is 49.2 Å². The monoisotopic (exact) mass is 843 g/mol. The van der Waals surface area contributed by atoms with Gasteiger partial charge >= 0.3 is 99.8 Å². The van der Waals surface area contributed by atoms with Crippen LogP contribution in [0.15, 0.2) is 122 Å². The Balaban J connectivity index is 0.000000202. The quantitative estimate of drug-likeness (QED) is 0.127. The third kappa shape index (κ3) is 7.53. The van der Waals surface area contributed by atoms with Crippen molar-refractivity contribution in [1.82, 2.24) is 9.97 Å². The maximum Gasteiger partial charge on any atom is 0 e. The van der Waals surface area contributed by atoms with E-state index in [4.69, 9.17) is 0 Å². The summed E-state index contributed by atoms with van der Waals surface area (Å²) in [5.41, 5.74) is 7.99. The molecule has 0 atom stereocenters. The van der Waals surface area contributed by atoms with Crippen LogP contribution in [-0.4, -0.2) is 23.2 Å². The molecule has 1 radical (unpaired) electrons. The van der Waals surface area contributed by atoms with Crippen LogP contribution >= 0.6 is 11.3 Å². The van der Waals surface area contributed by atoms with Crippen molar-refractivity contribution in [1.29, 1.82) is 0 Å². The summed E-state index contributed by atoms with van der Waals surface area (Å²) in [7, 11) is 0. The van der Waals surface area contributed by atoms with Crippen molar-refractivity contribution in [2.45, 2.75) is 37.0 Å². The average Bonchev–Trinajstić information content (AvgIpc) is 3.44. The van der Waals surface area contributed by atoms with Gasteiger partial charge in [0, 0.05) is 31.0 Å². The van der Waals surface area contributed by atoms with Gasteiger partial charge < -0.3 is 4.98 Å². The molecule has 0 aliphatic rings. The van der Waals surface area contributed by atoms with E-state index < -0.39 is 13.3 Å². The molecule has 0 bridgehead atoms. The van der Waals surface area contributed by atoms with Crippen molar-refractivity contribution in [3.8, 4) is 33.6 Å². The van der Waals surface area contributed by atoms with E-state index in [1.165, 1.54) is 41.3 Å². The third-order valence-corrected chi connectivity index (χ3v) is 13.3. The molecular formula is C40H36GeIrN2S-2. The zero-order chi connectivity index (χ0) is 30.7. The zero-order valence-electron chi connectivity index (χ0n) is 26.3. The van der Waals surface area contributed by atoms with E-state index in [9.17, 15) is 0 Å². The van der Waals surface area contributed by atoms with E-state index in [0.717, 1.165) is 22.5 Å². The van der Waals surface area contributed by atoms with Crippen molar-refractivity contribution in [2.75, 3.05) is 0 Å². The van der Waals surface area contributed by atoms with Crippen LogP contribution in [0.25, 0.3) is 53.8 Å². The second kappa shape index (κ2) is 14.3. The van der Waals surface area contributed by atoms with Gasteiger partial charge in [0.05, 0.1) is 0 Å². The van der Waals surface area contributed by atoms with Gasteiger partial charge in [-0.3, -0.25) is 0 Å². The Morgan fingerprint density at radius 3 is 2.18 bits per heavy atom. The van der Waals surface area contributed by atoms with Gasteiger partial charge in [-0.1, -0.05) is 67.3 Å².